The van der Waals surface area contributed by atoms with Crippen LogP contribution < -0.4 is 40.0 Å². The molecular formula is C19H11ClN3NaO2. The Kier molecular flexibility index (Phi) is 5.44. The van der Waals surface area contributed by atoms with Gasteiger partial charge in [-0.25, -0.2) is 4.98 Å². The molecule has 4 aromatic rings. The Morgan fingerprint density at radius 3 is 2.65 bits per heavy atom. The van der Waals surface area contributed by atoms with Crippen LogP contribution in [0.1, 0.15) is 10.4 Å². The molecule has 1 N–H and O–H groups in total. The maximum absolute atomic E-state index is 11.1. The fraction of sp³-hybridized carbons (Fsp3) is 0. The second kappa shape index (κ2) is 7.60. The first-order valence-electron chi connectivity index (χ1n) is 7.53. The number of aromatic nitrogens is 2. The summed E-state index contributed by atoms with van der Waals surface area (Å²) in [5.74, 6) is -0.637. The molecule has 0 bridgehead atoms. The van der Waals surface area contributed by atoms with Crippen LogP contribution in [-0.2, 0) is 0 Å². The van der Waals surface area contributed by atoms with E-state index in [1.807, 2.05) is 18.2 Å². The molecule has 0 unspecified atom stereocenters. The van der Waals surface area contributed by atoms with E-state index >= 15 is 0 Å². The molecule has 7 heteroatoms. The van der Waals surface area contributed by atoms with E-state index in [4.69, 9.17) is 11.6 Å². The fourth-order valence-electron chi connectivity index (χ4n) is 2.77. The normalized spacial score (nSPS) is 10.5. The van der Waals surface area contributed by atoms with E-state index in [-0.39, 0.29) is 35.1 Å². The summed E-state index contributed by atoms with van der Waals surface area (Å²) >= 11 is 6.04. The van der Waals surface area contributed by atoms with Gasteiger partial charge in [0.25, 0.3) is 0 Å². The topological polar surface area (TPSA) is 77.9 Å². The molecule has 0 fully saturated rings. The van der Waals surface area contributed by atoms with E-state index in [9.17, 15) is 9.90 Å². The molecule has 4 rings (SSSR count). The van der Waals surface area contributed by atoms with Crippen molar-refractivity contribution < 1.29 is 39.5 Å². The number of nitrogens with one attached hydrogen (secondary N) is 1. The van der Waals surface area contributed by atoms with Crippen molar-refractivity contribution in [2.75, 3.05) is 5.32 Å². The monoisotopic (exact) mass is 371 g/mol. The molecule has 0 saturated heterocycles. The molecule has 0 aliphatic carbocycles. The summed E-state index contributed by atoms with van der Waals surface area (Å²) < 4.78 is 0. The number of aromatic carboxylic acids is 1. The predicted molar refractivity (Wildman–Crippen MR) is 96.1 cm³/mol. The maximum atomic E-state index is 11.1. The van der Waals surface area contributed by atoms with Gasteiger partial charge in [0.1, 0.15) is 5.82 Å². The predicted octanol–water partition coefficient (Wildman–Crippen LogP) is 0.547. The summed E-state index contributed by atoms with van der Waals surface area (Å²) in [4.78, 5) is 19.9. The third kappa shape index (κ3) is 3.52. The van der Waals surface area contributed by atoms with E-state index < -0.39 is 5.97 Å². The Hall–Kier alpha value is -2.18. The van der Waals surface area contributed by atoms with Gasteiger partial charge >= 0.3 is 29.6 Å². The zero-order valence-electron chi connectivity index (χ0n) is 13.9. The molecule has 0 aliphatic rings. The van der Waals surface area contributed by atoms with Crippen LogP contribution in [0.2, 0.25) is 5.02 Å². The van der Waals surface area contributed by atoms with Crippen molar-refractivity contribution in [3.63, 3.8) is 0 Å². The number of hydrogen-bond donors (Lipinski definition) is 1. The quantitative estimate of drug-likeness (QED) is 0.420. The summed E-state index contributed by atoms with van der Waals surface area (Å²) in [5, 5.41) is 17.6. The summed E-state index contributed by atoms with van der Waals surface area (Å²) in [6, 6.07) is 13.9. The summed E-state index contributed by atoms with van der Waals surface area (Å²) in [5.41, 5.74) is 1.41. The molecule has 0 aliphatic heterocycles. The minimum atomic E-state index is -1.24. The van der Waals surface area contributed by atoms with Crippen LogP contribution in [-0.4, -0.2) is 15.9 Å². The third-order valence-electron chi connectivity index (χ3n) is 3.92. The zero-order chi connectivity index (χ0) is 17.4. The van der Waals surface area contributed by atoms with Crippen LogP contribution in [0.25, 0.3) is 21.7 Å². The van der Waals surface area contributed by atoms with Gasteiger partial charge in [-0.05, 0) is 35.9 Å². The van der Waals surface area contributed by atoms with Crippen molar-refractivity contribution in [3.05, 3.63) is 71.5 Å². The number of nitrogens with zero attached hydrogens (tertiary/aromatic N) is 2. The van der Waals surface area contributed by atoms with Gasteiger partial charge in [0, 0.05) is 39.3 Å². The first kappa shape index (κ1) is 18.6. The SMILES string of the molecule is O=C([O-])c1ccc2c(c1)nc(Nc1cccc(Cl)c1)c1ccncc12.[Na+]. The van der Waals surface area contributed by atoms with Crippen LogP contribution >= 0.6 is 11.6 Å². The fourth-order valence-corrected chi connectivity index (χ4v) is 2.96. The van der Waals surface area contributed by atoms with Crippen molar-refractivity contribution in [2.45, 2.75) is 0 Å². The van der Waals surface area contributed by atoms with Gasteiger partial charge in [-0.2, -0.15) is 0 Å². The second-order valence-corrected chi connectivity index (χ2v) is 5.97. The van der Waals surface area contributed by atoms with Crippen LogP contribution in [0.15, 0.2) is 60.9 Å². The molecule has 2 aromatic heterocycles. The number of carbonyl (C=O) groups is 1. The summed E-state index contributed by atoms with van der Waals surface area (Å²) in [6.07, 6.45) is 3.43. The number of rotatable bonds is 3. The van der Waals surface area contributed by atoms with Gasteiger partial charge in [0.15, 0.2) is 0 Å². The number of hydrogen-bond acceptors (Lipinski definition) is 5. The number of carboxylic acids is 1. The Bertz CT molecular complexity index is 1130. The molecule has 0 atom stereocenters. The van der Waals surface area contributed by atoms with Crippen molar-refractivity contribution in [1.29, 1.82) is 0 Å². The molecule has 26 heavy (non-hydrogen) atoms. The molecule has 2 aromatic carbocycles. The summed E-state index contributed by atoms with van der Waals surface area (Å²) in [6.45, 7) is 0. The van der Waals surface area contributed by atoms with Crippen molar-refractivity contribution in [1.82, 2.24) is 9.97 Å². The first-order chi connectivity index (χ1) is 12.1. The van der Waals surface area contributed by atoms with Gasteiger partial charge in [-0.1, -0.05) is 29.8 Å². The maximum Gasteiger partial charge on any atom is 1.00 e. The Morgan fingerprint density at radius 1 is 1.04 bits per heavy atom. The second-order valence-electron chi connectivity index (χ2n) is 5.54. The average Bonchev–Trinajstić information content (AvgIpc) is 2.61. The van der Waals surface area contributed by atoms with Crippen LogP contribution in [0.3, 0.4) is 0 Å². The first-order valence-corrected chi connectivity index (χ1v) is 7.91. The molecule has 5 nitrogen and oxygen atoms in total. The molecule has 122 valence electrons. The van der Waals surface area contributed by atoms with Crippen molar-refractivity contribution in [2.24, 2.45) is 0 Å². The van der Waals surface area contributed by atoms with Gasteiger partial charge in [-0.15, -0.1) is 0 Å². The van der Waals surface area contributed by atoms with E-state index in [1.54, 1.807) is 30.6 Å². The number of carboxylic acid groups (broad SMARTS) is 1. The van der Waals surface area contributed by atoms with Gasteiger partial charge < -0.3 is 15.2 Å². The number of benzene rings is 2. The van der Waals surface area contributed by atoms with Gasteiger partial charge in [0.05, 0.1) is 11.5 Å². The smallest absolute Gasteiger partial charge is 0.545 e. The average molecular weight is 372 g/mol. The molecule has 0 saturated carbocycles. The van der Waals surface area contributed by atoms with E-state index in [0.717, 1.165) is 21.8 Å². The van der Waals surface area contributed by atoms with Gasteiger partial charge in [0.2, 0.25) is 0 Å². The van der Waals surface area contributed by atoms with Crippen LogP contribution in [0, 0.1) is 0 Å². The molecule has 0 radical (unpaired) electrons. The molecule has 0 amide bonds. The van der Waals surface area contributed by atoms with E-state index in [1.165, 1.54) is 12.1 Å². The van der Waals surface area contributed by atoms with Crippen molar-refractivity contribution >= 4 is 50.8 Å². The third-order valence-corrected chi connectivity index (χ3v) is 4.15. The Labute approximate surface area is 176 Å². The number of pyridine rings is 2. The van der Waals surface area contributed by atoms with Crippen LogP contribution in [0.4, 0.5) is 11.5 Å². The number of fused-ring (bicyclic) bond motifs is 3. The number of anilines is 2. The number of halogens is 1. The standard InChI is InChI=1S/C19H12ClN3O2.Na/c20-12-2-1-3-13(9-12)22-18-15-6-7-21-10-16(15)14-5-4-11(19(24)25)8-17(14)23-18;/h1-10H,(H,22,23)(H,24,25);/q;+1/p-1. The minimum Gasteiger partial charge on any atom is -0.545 e. The Balaban J connectivity index is 0.00000196. The zero-order valence-corrected chi connectivity index (χ0v) is 16.6. The van der Waals surface area contributed by atoms with Gasteiger partial charge in [-0.3, -0.25) is 4.98 Å². The molecule has 0 spiro atoms. The molecular weight excluding hydrogens is 361 g/mol. The largest absolute Gasteiger partial charge is 1.00 e. The van der Waals surface area contributed by atoms with Crippen LogP contribution in [0.5, 0.6) is 0 Å². The number of carbonyl (C=O) groups excluding carboxylic acids is 1. The van der Waals surface area contributed by atoms with E-state index in [2.05, 4.69) is 15.3 Å². The Morgan fingerprint density at radius 2 is 1.88 bits per heavy atom. The van der Waals surface area contributed by atoms with Crippen molar-refractivity contribution in [3.8, 4) is 0 Å². The summed E-state index contributed by atoms with van der Waals surface area (Å²) in [7, 11) is 0. The van der Waals surface area contributed by atoms with E-state index in [0.29, 0.717) is 16.4 Å². The molecule has 2 heterocycles. The minimum absolute atomic E-state index is 0.